The third-order valence-electron chi connectivity index (χ3n) is 4.49. The summed E-state index contributed by atoms with van der Waals surface area (Å²) < 4.78 is 0. The predicted octanol–water partition coefficient (Wildman–Crippen LogP) is 2.97. The quantitative estimate of drug-likeness (QED) is 0.785. The summed E-state index contributed by atoms with van der Waals surface area (Å²) in [7, 11) is 0. The van der Waals surface area contributed by atoms with Crippen LogP contribution in [0.5, 0.6) is 0 Å². The monoisotopic (exact) mass is 272 g/mol. The molecule has 1 aliphatic carbocycles. The molecule has 3 nitrogen and oxygen atoms in total. The van der Waals surface area contributed by atoms with E-state index in [1.165, 1.54) is 32.1 Å². The molecule has 1 unspecified atom stereocenters. The van der Waals surface area contributed by atoms with Gasteiger partial charge in [0.2, 0.25) is 0 Å². The highest BCUT2D eigenvalue weighted by molar-refractivity contribution is 6.14. The van der Waals surface area contributed by atoms with Crippen molar-refractivity contribution in [1.82, 2.24) is 5.32 Å². The van der Waals surface area contributed by atoms with Gasteiger partial charge in [-0.25, -0.2) is 0 Å². The van der Waals surface area contributed by atoms with Crippen molar-refractivity contribution < 1.29 is 4.79 Å². The molecule has 1 N–H and O–H groups in total. The molecule has 3 rings (SSSR count). The Morgan fingerprint density at radius 2 is 1.95 bits per heavy atom. The zero-order valence-corrected chi connectivity index (χ0v) is 12.2. The van der Waals surface area contributed by atoms with Gasteiger partial charge in [-0.1, -0.05) is 12.5 Å². The molecular weight excluding hydrogens is 248 g/mol. The Morgan fingerprint density at radius 1 is 1.05 bits per heavy atom. The summed E-state index contributed by atoms with van der Waals surface area (Å²) in [6.07, 6.45) is 13.2. The summed E-state index contributed by atoms with van der Waals surface area (Å²) in [4.78, 5) is 17.0. The summed E-state index contributed by atoms with van der Waals surface area (Å²) in [5.74, 6) is 0.269. The van der Waals surface area contributed by atoms with E-state index in [0.717, 1.165) is 49.2 Å². The number of hydrogen-bond acceptors (Lipinski definition) is 3. The number of hydrogen-bond donors (Lipinski definition) is 1. The molecule has 0 aromatic heterocycles. The Hall–Kier alpha value is -1.22. The van der Waals surface area contributed by atoms with E-state index in [-0.39, 0.29) is 5.78 Å². The highest BCUT2D eigenvalue weighted by atomic mass is 16.1. The molecule has 2 aliphatic heterocycles. The van der Waals surface area contributed by atoms with E-state index in [1.54, 1.807) is 0 Å². The van der Waals surface area contributed by atoms with Crippen LogP contribution >= 0.6 is 0 Å². The van der Waals surface area contributed by atoms with E-state index in [2.05, 4.69) is 22.5 Å². The van der Waals surface area contributed by atoms with Crippen molar-refractivity contribution in [3.05, 3.63) is 23.3 Å². The molecule has 2 fully saturated rings. The molecule has 0 aromatic carbocycles. The number of nitrogens with one attached hydrogen (secondary N) is 1. The molecule has 1 atom stereocenters. The lowest BCUT2D eigenvalue weighted by Gasteiger charge is -2.20. The van der Waals surface area contributed by atoms with Gasteiger partial charge in [0.1, 0.15) is 0 Å². The molecule has 3 heteroatoms. The Balaban J connectivity index is 1.68. The standard InChI is InChI=1S/C17H24N2O/c20-17-13(11-15-5-1-3-9-18-15)7-8-14(17)12-16-6-2-4-10-19-16/h11-12,15,18H,1-10H2/b13-11+,14-12+. The van der Waals surface area contributed by atoms with Crippen molar-refractivity contribution in [3.8, 4) is 0 Å². The van der Waals surface area contributed by atoms with Crippen molar-refractivity contribution in [2.75, 3.05) is 13.1 Å². The topological polar surface area (TPSA) is 41.5 Å². The van der Waals surface area contributed by atoms with Crippen LogP contribution in [-0.4, -0.2) is 30.6 Å². The number of Topliss-reactive ketones (excluding diaryl/α,β-unsaturated/α-hetero) is 1. The van der Waals surface area contributed by atoms with Crippen LogP contribution < -0.4 is 5.32 Å². The van der Waals surface area contributed by atoms with Gasteiger partial charge in [0.15, 0.2) is 5.78 Å². The maximum atomic E-state index is 12.4. The number of piperidine rings is 1. The number of carbonyl (C=O) groups excluding carboxylic acids is 1. The average Bonchev–Trinajstić information content (AvgIpc) is 2.83. The van der Waals surface area contributed by atoms with Crippen molar-refractivity contribution >= 4 is 11.5 Å². The average molecular weight is 272 g/mol. The van der Waals surface area contributed by atoms with Crippen LogP contribution in [0.2, 0.25) is 0 Å². The van der Waals surface area contributed by atoms with Crippen LogP contribution in [0.3, 0.4) is 0 Å². The third-order valence-corrected chi connectivity index (χ3v) is 4.49. The van der Waals surface area contributed by atoms with E-state index in [0.29, 0.717) is 6.04 Å². The third kappa shape index (κ3) is 3.26. The first-order valence-electron chi connectivity index (χ1n) is 8.05. The minimum Gasteiger partial charge on any atom is -0.310 e. The Morgan fingerprint density at radius 3 is 2.70 bits per heavy atom. The van der Waals surface area contributed by atoms with Gasteiger partial charge in [-0.2, -0.15) is 0 Å². The lowest BCUT2D eigenvalue weighted by molar-refractivity contribution is -0.111. The fourth-order valence-corrected chi connectivity index (χ4v) is 3.30. The minimum atomic E-state index is 0.269. The zero-order valence-electron chi connectivity index (χ0n) is 12.2. The Labute approximate surface area is 121 Å². The first-order chi connectivity index (χ1) is 9.83. The highest BCUT2D eigenvalue weighted by Gasteiger charge is 2.25. The Kier molecular flexibility index (Phi) is 4.46. The number of carbonyl (C=O) groups is 1. The van der Waals surface area contributed by atoms with E-state index in [1.807, 2.05) is 0 Å². The first-order valence-corrected chi connectivity index (χ1v) is 8.05. The first kappa shape index (κ1) is 13.7. The van der Waals surface area contributed by atoms with Crippen LogP contribution in [0.1, 0.15) is 51.4 Å². The van der Waals surface area contributed by atoms with Gasteiger partial charge >= 0.3 is 0 Å². The molecule has 0 amide bonds. The molecule has 0 bridgehead atoms. The molecular formula is C17H24N2O. The van der Waals surface area contributed by atoms with Crippen molar-refractivity contribution in [3.63, 3.8) is 0 Å². The lowest BCUT2D eigenvalue weighted by Crippen LogP contribution is -2.32. The predicted molar refractivity (Wildman–Crippen MR) is 82.2 cm³/mol. The second kappa shape index (κ2) is 6.49. The lowest BCUT2D eigenvalue weighted by atomic mass is 10.0. The van der Waals surface area contributed by atoms with Gasteiger partial charge in [0.05, 0.1) is 0 Å². The Bertz CT molecular complexity index is 467. The maximum Gasteiger partial charge on any atom is 0.184 e. The van der Waals surface area contributed by atoms with Crippen LogP contribution in [0.4, 0.5) is 0 Å². The van der Waals surface area contributed by atoms with E-state index in [9.17, 15) is 4.79 Å². The van der Waals surface area contributed by atoms with Crippen LogP contribution in [-0.2, 0) is 4.79 Å². The molecule has 1 saturated heterocycles. The fourth-order valence-electron chi connectivity index (χ4n) is 3.30. The van der Waals surface area contributed by atoms with Gasteiger partial charge in [-0.05, 0) is 63.1 Å². The van der Waals surface area contributed by atoms with Crippen LogP contribution in [0.15, 0.2) is 28.3 Å². The smallest absolute Gasteiger partial charge is 0.184 e. The maximum absolute atomic E-state index is 12.4. The fraction of sp³-hybridized carbons (Fsp3) is 0.647. The minimum absolute atomic E-state index is 0.269. The molecule has 2 heterocycles. The summed E-state index contributed by atoms with van der Waals surface area (Å²) in [6.45, 7) is 2.02. The van der Waals surface area contributed by atoms with Gasteiger partial charge in [0.25, 0.3) is 0 Å². The zero-order chi connectivity index (χ0) is 13.8. The molecule has 3 aliphatic rings. The van der Waals surface area contributed by atoms with Crippen LogP contribution in [0.25, 0.3) is 0 Å². The van der Waals surface area contributed by atoms with Crippen molar-refractivity contribution in [2.45, 2.75) is 57.4 Å². The highest BCUT2D eigenvalue weighted by Crippen LogP contribution is 2.28. The number of aliphatic imine (C=N–C) groups is 1. The number of rotatable bonds is 2. The number of nitrogens with zero attached hydrogens (tertiary/aromatic N) is 1. The number of ketones is 1. The van der Waals surface area contributed by atoms with Gasteiger partial charge in [-0.3, -0.25) is 9.79 Å². The SMILES string of the molecule is O=C1/C(=C/C2=NCCCC2)CC/C1=C\C1CCCCN1. The summed E-state index contributed by atoms with van der Waals surface area (Å²) in [6, 6.07) is 0.411. The second-order valence-electron chi connectivity index (χ2n) is 6.08. The molecule has 1 saturated carbocycles. The molecule has 0 spiro atoms. The molecule has 20 heavy (non-hydrogen) atoms. The summed E-state index contributed by atoms with van der Waals surface area (Å²) in [5, 5.41) is 3.49. The number of allylic oxidation sites excluding steroid dienone is 3. The van der Waals surface area contributed by atoms with Crippen LogP contribution in [0, 0.1) is 0 Å². The normalized spacial score (nSPS) is 31.9. The molecule has 0 radical (unpaired) electrons. The van der Waals surface area contributed by atoms with E-state index < -0.39 is 0 Å². The van der Waals surface area contributed by atoms with Crippen molar-refractivity contribution in [2.24, 2.45) is 4.99 Å². The largest absolute Gasteiger partial charge is 0.310 e. The molecule has 0 aromatic rings. The van der Waals surface area contributed by atoms with Gasteiger partial charge in [-0.15, -0.1) is 0 Å². The van der Waals surface area contributed by atoms with E-state index >= 15 is 0 Å². The summed E-state index contributed by atoms with van der Waals surface area (Å²) >= 11 is 0. The second-order valence-corrected chi connectivity index (χ2v) is 6.08. The van der Waals surface area contributed by atoms with E-state index in [4.69, 9.17) is 0 Å². The molecule has 108 valence electrons. The van der Waals surface area contributed by atoms with Gasteiger partial charge in [0, 0.05) is 23.9 Å². The van der Waals surface area contributed by atoms with Crippen molar-refractivity contribution in [1.29, 1.82) is 0 Å². The van der Waals surface area contributed by atoms with Gasteiger partial charge < -0.3 is 5.32 Å². The summed E-state index contributed by atoms with van der Waals surface area (Å²) in [5.41, 5.74) is 3.14.